The van der Waals surface area contributed by atoms with E-state index in [1.54, 1.807) is 6.07 Å². The monoisotopic (exact) mass is 320 g/mol. The number of aryl methyl sites for hydroxylation is 1. The average Bonchev–Trinajstić information content (AvgIpc) is 2.93. The molecule has 2 rings (SSSR count). The predicted octanol–water partition coefficient (Wildman–Crippen LogP) is 0.646. The van der Waals surface area contributed by atoms with Crippen molar-refractivity contribution in [3.05, 3.63) is 23.8 Å². The van der Waals surface area contributed by atoms with Gasteiger partial charge in [-0.3, -0.25) is 14.4 Å². The fourth-order valence-corrected chi connectivity index (χ4v) is 2.44. The second-order valence-electron chi connectivity index (χ2n) is 5.36. The molecule has 124 valence electrons. The van der Waals surface area contributed by atoms with Gasteiger partial charge in [-0.05, 0) is 24.6 Å². The van der Waals surface area contributed by atoms with Gasteiger partial charge in [0.25, 0.3) is 5.91 Å². The van der Waals surface area contributed by atoms with Crippen LogP contribution in [0, 0.1) is 12.8 Å². The maximum absolute atomic E-state index is 12.2. The van der Waals surface area contributed by atoms with E-state index in [9.17, 15) is 14.4 Å². The first-order valence-electron chi connectivity index (χ1n) is 7.28. The van der Waals surface area contributed by atoms with Crippen molar-refractivity contribution in [1.29, 1.82) is 0 Å². The lowest BCUT2D eigenvalue weighted by atomic mass is 10.1. The molecule has 1 aromatic rings. The number of carbonyl (C=O) groups is 3. The highest BCUT2D eigenvalue weighted by molar-refractivity contribution is 6.00. The molecule has 1 aliphatic rings. The van der Waals surface area contributed by atoms with Crippen LogP contribution in [0.4, 0.5) is 5.69 Å². The van der Waals surface area contributed by atoms with Crippen LogP contribution in [0.2, 0.25) is 0 Å². The van der Waals surface area contributed by atoms with E-state index >= 15 is 0 Å². The third kappa shape index (κ3) is 3.80. The normalized spacial score (nSPS) is 17.1. The van der Waals surface area contributed by atoms with Gasteiger partial charge in [0, 0.05) is 20.0 Å². The molecule has 0 spiro atoms. The second kappa shape index (κ2) is 7.13. The number of benzene rings is 1. The highest BCUT2D eigenvalue weighted by Crippen LogP contribution is 2.34. The number of amides is 2. The number of nitrogens with zero attached hydrogens (tertiary/aromatic N) is 1. The zero-order valence-electron chi connectivity index (χ0n) is 13.4. The summed E-state index contributed by atoms with van der Waals surface area (Å²) in [4.78, 5) is 36.9. The summed E-state index contributed by atoms with van der Waals surface area (Å²) in [5.41, 5.74) is 1.62. The van der Waals surface area contributed by atoms with Crippen molar-refractivity contribution in [2.24, 2.45) is 5.92 Å². The van der Waals surface area contributed by atoms with Crippen molar-refractivity contribution >= 4 is 23.5 Å². The molecule has 7 nitrogen and oxygen atoms in total. The zero-order chi connectivity index (χ0) is 17.0. The Bertz CT molecular complexity index is 629. The highest BCUT2D eigenvalue weighted by Gasteiger charge is 2.37. The lowest BCUT2D eigenvalue weighted by Gasteiger charge is -2.20. The smallest absolute Gasteiger partial charge is 0.311 e. The van der Waals surface area contributed by atoms with Crippen molar-refractivity contribution < 1.29 is 23.9 Å². The van der Waals surface area contributed by atoms with Gasteiger partial charge in [-0.1, -0.05) is 6.07 Å². The van der Waals surface area contributed by atoms with Gasteiger partial charge >= 0.3 is 5.97 Å². The predicted molar refractivity (Wildman–Crippen MR) is 83.2 cm³/mol. The minimum atomic E-state index is -0.586. The van der Waals surface area contributed by atoms with Crippen molar-refractivity contribution in [1.82, 2.24) is 5.32 Å². The van der Waals surface area contributed by atoms with Gasteiger partial charge in [-0.25, -0.2) is 0 Å². The van der Waals surface area contributed by atoms with Crippen LogP contribution in [0.15, 0.2) is 18.2 Å². The number of rotatable bonds is 5. The molecule has 0 radical (unpaired) electrons. The summed E-state index contributed by atoms with van der Waals surface area (Å²) >= 11 is 0. The number of methoxy groups -OCH3 is 1. The average molecular weight is 320 g/mol. The Kier molecular flexibility index (Phi) is 5.20. The summed E-state index contributed by atoms with van der Waals surface area (Å²) in [6, 6.07) is 5.52. The fraction of sp³-hybridized carbons (Fsp3) is 0.438. The van der Waals surface area contributed by atoms with E-state index in [4.69, 9.17) is 9.47 Å². The minimum Gasteiger partial charge on any atom is -0.495 e. The lowest BCUT2D eigenvalue weighted by molar-refractivity contribution is -0.152. The molecule has 2 amide bonds. The standard InChI is InChI=1S/C16H20N2O5/c1-10-4-5-13(22-3)12(6-10)18-8-11(7-15(18)20)16(21)23-9-14(19)17-2/h4-6,11H,7-9H2,1-3H3,(H,17,19)/t11-/m1/s1. The number of ether oxygens (including phenoxy) is 2. The molecule has 0 aliphatic carbocycles. The van der Waals surface area contributed by atoms with E-state index in [0.717, 1.165) is 5.56 Å². The fourth-order valence-electron chi connectivity index (χ4n) is 2.44. The van der Waals surface area contributed by atoms with Gasteiger partial charge in [0.05, 0.1) is 18.7 Å². The maximum Gasteiger partial charge on any atom is 0.311 e. The molecule has 7 heteroatoms. The van der Waals surface area contributed by atoms with E-state index in [1.807, 2.05) is 19.1 Å². The molecule has 0 unspecified atom stereocenters. The van der Waals surface area contributed by atoms with Crippen molar-refractivity contribution in [3.63, 3.8) is 0 Å². The Balaban J connectivity index is 2.09. The molecule has 1 heterocycles. The minimum absolute atomic E-state index is 0.0592. The van der Waals surface area contributed by atoms with Gasteiger partial charge in [0.15, 0.2) is 6.61 Å². The van der Waals surface area contributed by atoms with Gasteiger partial charge in [0.1, 0.15) is 5.75 Å². The summed E-state index contributed by atoms with van der Waals surface area (Å²) in [6.45, 7) is 1.79. The molecule has 1 atom stereocenters. The van der Waals surface area contributed by atoms with Crippen LogP contribution in [-0.2, 0) is 19.1 Å². The first-order valence-corrected chi connectivity index (χ1v) is 7.28. The topological polar surface area (TPSA) is 84.9 Å². The molecule has 1 fully saturated rings. The van der Waals surface area contributed by atoms with Crippen molar-refractivity contribution in [3.8, 4) is 5.75 Å². The number of likely N-dealkylation sites (N-methyl/N-ethyl adjacent to an activating group) is 1. The summed E-state index contributed by atoms with van der Waals surface area (Å²) in [5, 5.41) is 2.37. The van der Waals surface area contributed by atoms with E-state index in [-0.39, 0.29) is 31.4 Å². The Hall–Kier alpha value is -2.57. The Morgan fingerprint density at radius 3 is 2.78 bits per heavy atom. The molecular weight excluding hydrogens is 300 g/mol. The van der Waals surface area contributed by atoms with Crippen LogP contribution in [0.25, 0.3) is 0 Å². The lowest BCUT2D eigenvalue weighted by Crippen LogP contribution is -2.29. The number of esters is 1. The Morgan fingerprint density at radius 2 is 2.13 bits per heavy atom. The Morgan fingerprint density at radius 1 is 1.39 bits per heavy atom. The van der Waals surface area contributed by atoms with E-state index in [0.29, 0.717) is 11.4 Å². The van der Waals surface area contributed by atoms with Crippen LogP contribution < -0.4 is 15.0 Å². The number of anilines is 1. The molecule has 1 aromatic carbocycles. The summed E-state index contributed by atoms with van der Waals surface area (Å²) in [6.07, 6.45) is 0.0592. The van der Waals surface area contributed by atoms with Gasteiger partial charge in [-0.15, -0.1) is 0 Å². The van der Waals surface area contributed by atoms with E-state index < -0.39 is 11.9 Å². The molecule has 1 N–H and O–H groups in total. The van der Waals surface area contributed by atoms with Gasteiger partial charge in [0.2, 0.25) is 5.91 Å². The zero-order valence-corrected chi connectivity index (χ0v) is 13.4. The summed E-state index contributed by atoms with van der Waals surface area (Å²) < 4.78 is 10.2. The first kappa shape index (κ1) is 16.8. The van der Waals surface area contributed by atoms with Crippen molar-refractivity contribution in [2.45, 2.75) is 13.3 Å². The SMILES string of the molecule is CNC(=O)COC(=O)[C@@H]1CC(=O)N(c2cc(C)ccc2OC)C1. The number of nitrogens with one attached hydrogen (secondary N) is 1. The molecule has 1 aliphatic heterocycles. The quantitative estimate of drug-likeness (QED) is 0.805. The van der Waals surface area contributed by atoms with Crippen LogP contribution in [-0.4, -0.2) is 45.1 Å². The maximum atomic E-state index is 12.2. The molecule has 0 aromatic heterocycles. The molecule has 0 bridgehead atoms. The molecule has 23 heavy (non-hydrogen) atoms. The number of hydrogen-bond acceptors (Lipinski definition) is 5. The summed E-state index contributed by atoms with van der Waals surface area (Å²) in [5.74, 6) is -1.12. The van der Waals surface area contributed by atoms with Crippen LogP contribution in [0.3, 0.4) is 0 Å². The van der Waals surface area contributed by atoms with Gasteiger partial charge in [-0.2, -0.15) is 0 Å². The van der Waals surface area contributed by atoms with Crippen molar-refractivity contribution in [2.75, 3.05) is 32.2 Å². The van der Waals surface area contributed by atoms with Crippen LogP contribution in [0.1, 0.15) is 12.0 Å². The third-order valence-corrected chi connectivity index (χ3v) is 3.71. The largest absolute Gasteiger partial charge is 0.495 e. The van der Waals surface area contributed by atoms with E-state index in [2.05, 4.69) is 5.32 Å². The van der Waals surface area contributed by atoms with E-state index in [1.165, 1.54) is 19.1 Å². The molecule has 1 saturated heterocycles. The highest BCUT2D eigenvalue weighted by atomic mass is 16.5. The number of hydrogen-bond donors (Lipinski definition) is 1. The second-order valence-corrected chi connectivity index (χ2v) is 5.36. The molecule has 0 saturated carbocycles. The Labute approximate surface area is 134 Å². The molecular formula is C16H20N2O5. The van der Waals surface area contributed by atoms with Crippen LogP contribution in [0.5, 0.6) is 5.75 Å². The number of carbonyl (C=O) groups excluding carboxylic acids is 3. The first-order chi connectivity index (χ1) is 11.0. The van der Waals surface area contributed by atoms with Crippen LogP contribution >= 0.6 is 0 Å². The summed E-state index contributed by atoms with van der Waals surface area (Å²) in [7, 11) is 2.99. The van der Waals surface area contributed by atoms with Gasteiger partial charge < -0.3 is 19.7 Å². The third-order valence-electron chi connectivity index (χ3n) is 3.71.